The second-order valence-corrected chi connectivity index (χ2v) is 11.5. The Morgan fingerprint density at radius 2 is 1.50 bits per heavy atom. The highest BCUT2D eigenvalue weighted by Crippen LogP contribution is 2.44. The van der Waals surface area contributed by atoms with Crippen LogP contribution in [0.1, 0.15) is 23.5 Å². The summed E-state index contributed by atoms with van der Waals surface area (Å²) >= 11 is 8.95. The van der Waals surface area contributed by atoms with E-state index in [1.165, 1.54) is 23.9 Å². The molecule has 1 saturated heterocycles. The van der Waals surface area contributed by atoms with Crippen LogP contribution in [0.3, 0.4) is 0 Å². The van der Waals surface area contributed by atoms with Crippen LogP contribution < -0.4 is 10.2 Å². The molecule has 2 aromatic heterocycles. The first-order valence-corrected chi connectivity index (χ1v) is 14.4. The molecule has 0 aliphatic carbocycles. The maximum absolute atomic E-state index is 11.0. The van der Waals surface area contributed by atoms with Crippen molar-refractivity contribution in [1.82, 2.24) is 10.3 Å². The predicted octanol–water partition coefficient (Wildman–Crippen LogP) is 8.06. The molecule has 40 heavy (non-hydrogen) atoms. The first kappa shape index (κ1) is 26.1. The maximum Gasteiger partial charge on any atom is 0.269 e. The molecule has 0 radical (unpaired) electrons. The Bertz CT molecular complexity index is 1630. The third kappa shape index (κ3) is 5.60. The van der Waals surface area contributed by atoms with Crippen LogP contribution in [0.5, 0.6) is 0 Å². The second-order valence-electron chi connectivity index (χ2n) is 8.92. The summed E-state index contributed by atoms with van der Waals surface area (Å²) in [5.41, 5.74) is 1.87. The third-order valence-electron chi connectivity index (χ3n) is 6.35. The Kier molecular flexibility index (Phi) is 7.54. The highest BCUT2D eigenvalue weighted by atomic mass is 32.2. The van der Waals surface area contributed by atoms with E-state index >= 15 is 0 Å². The molecule has 1 N–H and O–H groups in total. The number of hydrogen-bond acceptors (Lipinski definition) is 7. The van der Waals surface area contributed by atoms with Gasteiger partial charge in [-0.05, 0) is 85.0 Å². The van der Waals surface area contributed by atoms with Gasteiger partial charge in [-0.3, -0.25) is 15.1 Å². The number of rotatable bonds is 8. The number of nitro groups is 1. The van der Waals surface area contributed by atoms with Crippen LogP contribution in [-0.4, -0.2) is 15.0 Å². The number of thiocarbonyl (C=S) groups is 1. The number of furan rings is 1. The van der Waals surface area contributed by atoms with Crippen molar-refractivity contribution in [2.24, 2.45) is 0 Å². The van der Waals surface area contributed by atoms with Crippen LogP contribution in [0, 0.1) is 10.1 Å². The van der Waals surface area contributed by atoms with Gasteiger partial charge in [0.2, 0.25) is 0 Å². The van der Waals surface area contributed by atoms with Crippen molar-refractivity contribution in [3.05, 3.63) is 137 Å². The van der Waals surface area contributed by atoms with Gasteiger partial charge in [-0.2, -0.15) is 0 Å². The van der Waals surface area contributed by atoms with Crippen molar-refractivity contribution >= 4 is 52.2 Å². The smallest absolute Gasteiger partial charge is 0.269 e. The number of nitrogens with zero attached hydrogens (tertiary/aromatic N) is 3. The van der Waals surface area contributed by atoms with Gasteiger partial charge >= 0.3 is 0 Å². The van der Waals surface area contributed by atoms with Crippen molar-refractivity contribution in [2.45, 2.75) is 31.9 Å². The summed E-state index contributed by atoms with van der Waals surface area (Å²) in [6, 6.07) is 34.2. The highest BCUT2D eigenvalue weighted by molar-refractivity contribution is 7.99. The lowest BCUT2D eigenvalue weighted by molar-refractivity contribution is -0.384. The minimum Gasteiger partial charge on any atom is -0.452 e. The van der Waals surface area contributed by atoms with E-state index in [1.807, 2.05) is 72.8 Å². The van der Waals surface area contributed by atoms with Crippen molar-refractivity contribution in [3.8, 4) is 0 Å². The molecule has 1 aliphatic heterocycles. The zero-order chi connectivity index (χ0) is 27.5. The molecule has 0 unspecified atom stereocenters. The maximum atomic E-state index is 11.0. The lowest BCUT2D eigenvalue weighted by Crippen LogP contribution is -2.29. The molecule has 0 spiro atoms. The van der Waals surface area contributed by atoms with Gasteiger partial charge in [0.1, 0.15) is 11.8 Å². The van der Waals surface area contributed by atoms with E-state index in [-0.39, 0.29) is 17.8 Å². The number of non-ortho nitro benzene ring substituents is 1. The van der Waals surface area contributed by atoms with Crippen LogP contribution in [0.15, 0.2) is 140 Å². The fraction of sp³-hybridized carbons (Fsp3) is 0.0667. The molecule has 1 aliphatic rings. The van der Waals surface area contributed by atoms with E-state index in [1.54, 1.807) is 30.1 Å². The summed E-state index contributed by atoms with van der Waals surface area (Å²) in [5, 5.41) is 15.8. The number of pyridine rings is 1. The number of nitro benzene ring substituents is 1. The Balaban J connectivity index is 1.29. The van der Waals surface area contributed by atoms with Crippen molar-refractivity contribution in [3.63, 3.8) is 0 Å². The van der Waals surface area contributed by atoms with Gasteiger partial charge in [0, 0.05) is 38.7 Å². The number of aromatic nitrogens is 1. The third-order valence-corrected chi connectivity index (χ3v) is 8.61. The molecule has 2 atom stereocenters. The van der Waals surface area contributed by atoms with Crippen molar-refractivity contribution < 1.29 is 9.34 Å². The Labute approximate surface area is 244 Å². The van der Waals surface area contributed by atoms with Crippen LogP contribution in [0.25, 0.3) is 0 Å². The number of anilines is 1. The molecule has 3 heterocycles. The molecule has 7 nitrogen and oxygen atoms in total. The van der Waals surface area contributed by atoms with Gasteiger partial charge < -0.3 is 14.6 Å². The van der Waals surface area contributed by atoms with Crippen LogP contribution in [0.4, 0.5) is 11.4 Å². The van der Waals surface area contributed by atoms with E-state index < -0.39 is 4.92 Å². The minimum absolute atomic E-state index is 0.0755. The van der Waals surface area contributed by atoms with Gasteiger partial charge in [-0.25, -0.2) is 0 Å². The van der Waals surface area contributed by atoms with Crippen LogP contribution in [0.2, 0.25) is 0 Å². The molecule has 0 bridgehead atoms. The fourth-order valence-corrected chi connectivity index (χ4v) is 6.48. The summed E-state index contributed by atoms with van der Waals surface area (Å²) in [4.78, 5) is 20.3. The summed E-state index contributed by atoms with van der Waals surface area (Å²) < 4.78 is 6.39. The van der Waals surface area contributed by atoms with Gasteiger partial charge in [0.25, 0.3) is 5.69 Å². The first-order valence-electron chi connectivity index (χ1n) is 12.4. The zero-order valence-corrected chi connectivity index (χ0v) is 23.4. The van der Waals surface area contributed by atoms with Gasteiger partial charge in [-0.15, -0.1) is 0 Å². The van der Waals surface area contributed by atoms with E-state index in [9.17, 15) is 10.1 Å². The second kappa shape index (κ2) is 11.5. The van der Waals surface area contributed by atoms with E-state index in [4.69, 9.17) is 16.6 Å². The number of benzene rings is 3. The molecule has 5 aromatic rings. The Morgan fingerprint density at radius 3 is 2.17 bits per heavy atom. The lowest BCUT2D eigenvalue weighted by Gasteiger charge is -2.26. The predicted molar refractivity (Wildman–Crippen MR) is 161 cm³/mol. The highest BCUT2D eigenvalue weighted by Gasteiger charge is 2.42. The molecular weight excluding hydrogens is 561 g/mol. The lowest BCUT2D eigenvalue weighted by atomic mass is 10.0. The van der Waals surface area contributed by atoms with Crippen LogP contribution >= 0.6 is 35.7 Å². The fourth-order valence-electron chi connectivity index (χ4n) is 4.52. The average Bonchev–Trinajstić information content (AvgIpc) is 3.58. The van der Waals surface area contributed by atoms with E-state index in [0.717, 1.165) is 36.9 Å². The molecular formula is C30H22N4O3S3. The zero-order valence-electron chi connectivity index (χ0n) is 20.9. The van der Waals surface area contributed by atoms with Gasteiger partial charge in [0.05, 0.1) is 16.7 Å². The molecule has 1 fully saturated rings. The molecule has 10 heteroatoms. The summed E-state index contributed by atoms with van der Waals surface area (Å²) in [5.74, 6) is 0.783. The molecule has 0 saturated carbocycles. The molecule has 0 amide bonds. The van der Waals surface area contributed by atoms with E-state index in [2.05, 4.69) is 27.3 Å². The quantitative estimate of drug-likeness (QED) is 0.111. The van der Waals surface area contributed by atoms with E-state index in [0.29, 0.717) is 5.11 Å². The molecule has 6 rings (SSSR count). The van der Waals surface area contributed by atoms with Crippen molar-refractivity contribution in [2.75, 3.05) is 4.90 Å². The normalized spacial score (nSPS) is 16.6. The summed E-state index contributed by atoms with van der Waals surface area (Å²) in [6.45, 7) is 0. The standard InChI is InChI=1S/C30H22N4O3S3/c35-34(36)21-11-15-24(16-12-21)39-23-13-9-20(10-14-23)33-29(28(32-30(33)38)25-8-4-5-19-31-25)26-17-18-27(37-26)40-22-6-2-1-3-7-22/h1-19,28-29H,(H,32,38)/t28-,29+/m0/s1. The Morgan fingerprint density at radius 1 is 0.825 bits per heavy atom. The topological polar surface area (TPSA) is 84.4 Å². The Hall–Kier alpha value is -4.12. The van der Waals surface area contributed by atoms with Crippen molar-refractivity contribution in [1.29, 1.82) is 0 Å². The summed E-state index contributed by atoms with van der Waals surface area (Å²) in [6.07, 6.45) is 1.78. The number of hydrogen-bond donors (Lipinski definition) is 1. The average molecular weight is 583 g/mol. The first-order chi connectivity index (χ1) is 19.5. The van der Waals surface area contributed by atoms with Gasteiger partial charge in [0.15, 0.2) is 10.2 Å². The monoisotopic (exact) mass is 582 g/mol. The molecule has 198 valence electrons. The molecule has 3 aromatic carbocycles. The van der Waals surface area contributed by atoms with Crippen LogP contribution in [-0.2, 0) is 0 Å². The minimum atomic E-state index is -0.396. The summed E-state index contributed by atoms with van der Waals surface area (Å²) in [7, 11) is 0. The largest absolute Gasteiger partial charge is 0.452 e. The van der Waals surface area contributed by atoms with Gasteiger partial charge in [-0.1, -0.05) is 47.8 Å². The number of nitrogens with one attached hydrogen (secondary N) is 1. The SMILES string of the molecule is O=[N+]([O-])c1ccc(Sc2ccc(N3C(=S)N[C@@H](c4ccccn4)[C@H]3c3ccc(Sc4ccccc4)o3)cc2)cc1.